The van der Waals surface area contributed by atoms with Crippen molar-refractivity contribution in [2.75, 3.05) is 13.1 Å². The normalized spacial score (nSPS) is 18.9. The van der Waals surface area contributed by atoms with E-state index in [1.165, 1.54) is 0 Å². The van der Waals surface area contributed by atoms with Crippen LogP contribution in [0.15, 0.2) is 54.0 Å². The third-order valence-electron chi connectivity index (χ3n) is 3.71. The smallest absolute Gasteiger partial charge is 0.124 e. The first kappa shape index (κ1) is 15.8. The summed E-state index contributed by atoms with van der Waals surface area (Å²) in [4.78, 5) is 2.11. The Bertz CT molecular complexity index is 615. The minimum atomic E-state index is 0.135. The molecule has 2 rings (SSSR count). The third-order valence-corrected chi connectivity index (χ3v) is 3.71. The summed E-state index contributed by atoms with van der Waals surface area (Å²) in [5.74, 6) is 0.865. The molecule has 0 fully saturated rings. The van der Waals surface area contributed by atoms with Gasteiger partial charge in [0.15, 0.2) is 0 Å². The van der Waals surface area contributed by atoms with E-state index in [-0.39, 0.29) is 11.6 Å². The van der Waals surface area contributed by atoms with Crippen molar-refractivity contribution in [3.63, 3.8) is 0 Å². The standard InChI is InChI=1S/C17H24N4O/c1-12-6-4-5-9-21(11-12)15(17(19)20)10-14(18)13-7-2-3-8-16(13)22/h2-5,7-8,10,12,22H,6,9,11,18-20H2,1H3/b14-10-. The van der Waals surface area contributed by atoms with E-state index in [0.717, 1.165) is 19.5 Å². The van der Waals surface area contributed by atoms with Crippen LogP contribution < -0.4 is 17.2 Å². The molecule has 1 heterocycles. The van der Waals surface area contributed by atoms with Gasteiger partial charge in [-0.1, -0.05) is 31.2 Å². The van der Waals surface area contributed by atoms with Gasteiger partial charge in [-0.25, -0.2) is 0 Å². The Morgan fingerprint density at radius 3 is 2.64 bits per heavy atom. The fourth-order valence-corrected chi connectivity index (χ4v) is 2.55. The number of para-hydroxylation sites is 1. The van der Waals surface area contributed by atoms with E-state index in [1.54, 1.807) is 24.3 Å². The fourth-order valence-electron chi connectivity index (χ4n) is 2.55. The Kier molecular flexibility index (Phi) is 4.99. The van der Waals surface area contributed by atoms with Gasteiger partial charge in [-0.05, 0) is 30.5 Å². The molecule has 5 nitrogen and oxygen atoms in total. The van der Waals surface area contributed by atoms with Gasteiger partial charge in [0.05, 0.1) is 5.70 Å². The van der Waals surface area contributed by atoms with Crippen molar-refractivity contribution in [2.45, 2.75) is 13.3 Å². The highest BCUT2D eigenvalue weighted by molar-refractivity contribution is 5.69. The molecule has 0 bridgehead atoms. The van der Waals surface area contributed by atoms with Gasteiger partial charge >= 0.3 is 0 Å². The summed E-state index contributed by atoms with van der Waals surface area (Å²) in [5, 5.41) is 9.91. The predicted octanol–water partition coefficient (Wildman–Crippen LogP) is 1.68. The predicted molar refractivity (Wildman–Crippen MR) is 90.2 cm³/mol. The van der Waals surface area contributed by atoms with Crippen LogP contribution in [0.25, 0.3) is 5.70 Å². The second kappa shape index (κ2) is 6.93. The van der Waals surface area contributed by atoms with Crippen molar-refractivity contribution in [2.24, 2.45) is 23.1 Å². The maximum atomic E-state index is 9.91. The van der Waals surface area contributed by atoms with Crippen LogP contribution in [0.3, 0.4) is 0 Å². The fraction of sp³-hybridized carbons (Fsp3) is 0.294. The number of hydrogen-bond donors (Lipinski definition) is 4. The van der Waals surface area contributed by atoms with E-state index < -0.39 is 0 Å². The van der Waals surface area contributed by atoms with E-state index in [1.807, 2.05) is 6.07 Å². The van der Waals surface area contributed by atoms with Crippen LogP contribution in [0, 0.1) is 5.92 Å². The van der Waals surface area contributed by atoms with Gasteiger partial charge in [0, 0.05) is 24.4 Å². The first-order valence-corrected chi connectivity index (χ1v) is 7.39. The molecule has 0 aliphatic carbocycles. The second-order valence-electron chi connectivity index (χ2n) is 5.67. The van der Waals surface area contributed by atoms with Crippen LogP contribution in [0.2, 0.25) is 0 Å². The number of nitrogens with two attached hydrogens (primary N) is 3. The quantitative estimate of drug-likeness (QED) is 0.502. The SMILES string of the molecule is CC1CC=CCN(C(/C=C(\N)c2ccccc2O)=C(N)N)C1. The summed E-state index contributed by atoms with van der Waals surface area (Å²) in [6, 6.07) is 6.93. The minimum Gasteiger partial charge on any atom is -0.507 e. The molecule has 1 aliphatic rings. The molecule has 1 unspecified atom stereocenters. The lowest BCUT2D eigenvalue weighted by molar-refractivity contribution is 0.335. The first-order chi connectivity index (χ1) is 10.5. The Labute approximate surface area is 131 Å². The molecule has 0 aromatic heterocycles. The number of phenols is 1. The molecule has 0 spiro atoms. The summed E-state index contributed by atoms with van der Waals surface area (Å²) in [7, 11) is 0. The number of allylic oxidation sites excluding steroid dienone is 2. The van der Waals surface area contributed by atoms with Crippen molar-refractivity contribution in [3.05, 3.63) is 59.6 Å². The zero-order valence-electron chi connectivity index (χ0n) is 12.9. The Balaban J connectivity index is 2.33. The van der Waals surface area contributed by atoms with Crippen molar-refractivity contribution in [1.29, 1.82) is 0 Å². The number of hydrogen-bond acceptors (Lipinski definition) is 5. The topological polar surface area (TPSA) is 102 Å². The van der Waals surface area contributed by atoms with E-state index in [4.69, 9.17) is 17.2 Å². The van der Waals surface area contributed by atoms with E-state index >= 15 is 0 Å². The van der Waals surface area contributed by atoms with Crippen molar-refractivity contribution >= 4 is 5.70 Å². The van der Waals surface area contributed by atoms with Gasteiger partial charge in [0.1, 0.15) is 11.6 Å². The lowest BCUT2D eigenvalue weighted by Gasteiger charge is -2.26. The molecule has 5 heteroatoms. The average Bonchev–Trinajstić information content (AvgIpc) is 2.69. The molecule has 22 heavy (non-hydrogen) atoms. The molecule has 7 N–H and O–H groups in total. The summed E-state index contributed by atoms with van der Waals surface area (Å²) in [6.45, 7) is 3.77. The number of nitrogens with zero attached hydrogens (tertiary/aromatic N) is 1. The molecular formula is C17H24N4O. The van der Waals surface area contributed by atoms with Crippen LogP contribution in [0.1, 0.15) is 18.9 Å². The monoisotopic (exact) mass is 300 g/mol. The molecule has 1 aliphatic heterocycles. The van der Waals surface area contributed by atoms with Gasteiger partial charge in [0.2, 0.25) is 0 Å². The van der Waals surface area contributed by atoms with E-state index in [0.29, 0.717) is 22.9 Å². The van der Waals surface area contributed by atoms with Gasteiger partial charge in [-0.2, -0.15) is 0 Å². The summed E-state index contributed by atoms with van der Waals surface area (Å²) in [6.07, 6.45) is 7.05. The zero-order chi connectivity index (χ0) is 16.1. The Hall–Kier alpha value is -2.56. The molecule has 118 valence electrons. The summed E-state index contributed by atoms with van der Waals surface area (Å²) < 4.78 is 0. The lowest BCUT2D eigenvalue weighted by atomic mass is 10.1. The van der Waals surface area contributed by atoms with Crippen molar-refractivity contribution < 1.29 is 5.11 Å². The van der Waals surface area contributed by atoms with Crippen LogP contribution >= 0.6 is 0 Å². The maximum absolute atomic E-state index is 9.91. The average molecular weight is 300 g/mol. The highest BCUT2D eigenvalue weighted by Crippen LogP contribution is 2.24. The second-order valence-corrected chi connectivity index (χ2v) is 5.67. The van der Waals surface area contributed by atoms with Gasteiger partial charge in [-0.15, -0.1) is 0 Å². The maximum Gasteiger partial charge on any atom is 0.124 e. The van der Waals surface area contributed by atoms with Crippen LogP contribution in [0.5, 0.6) is 5.75 Å². The summed E-state index contributed by atoms with van der Waals surface area (Å²) in [5.41, 5.74) is 19.5. The largest absolute Gasteiger partial charge is 0.507 e. The molecule has 0 amide bonds. The van der Waals surface area contributed by atoms with E-state index in [2.05, 4.69) is 24.0 Å². The number of benzene rings is 1. The number of phenolic OH excluding ortho intramolecular Hbond substituents is 1. The molecule has 1 aromatic carbocycles. The lowest BCUT2D eigenvalue weighted by Crippen LogP contribution is -2.31. The molecule has 1 atom stereocenters. The third kappa shape index (κ3) is 3.75. The molecular weight excluding hydrogens is 276 g/mol. The van der Waals surface area contributed by atoms with Gasteiger partial charge < -0.3 is 27.2 Å². The highest BCUT2D eigenvalue weighted by Gasteiger charge is 2.16. The van der Waals surface area contributed by atoms with Crippen molar-refractivity contribution in [1.82, 2.24) is 4.90 Å². The Morgan fingerprint density at radius 1 is 1.23 bits per heavy atom. The van der Waals surface area contributed by atoms with Crippen LogP contribution in [-0.4, -0.2) is 23.1 Å². The number of rotatable bonds is 3. The number of aromatic hydroxyl groups is 1. The van der Waals surface area contributed by atoms with Crippen LogP contribution in [-0.2, 0) is 0 Å². The summed E-state index contributed by atoms with van der Waals surface area (Å²) >= 11 is 0. The zero-order valence-corrected chi connectivity index (χ0v) is 12.9. The molecule has 1 aromatic rings. The molecule has 0 radical (unpaired) electrons. The Morgan fingerprint density at radius 2 is 1.95 bits per heavy atom. The van der Waals surface area contributed by atoms with Gasteiger partial charge in [-0.3, -0.25) is 0 Å². The first-order valence-electron chi connectivity index (χ1n) is 7.39. The highest BCUT2D eigenvalue weighted by atomic mass is 16.3. The minimum absolute atomic E-state index is 0.135. The van der Waals surface area contributed by atoms with Crippen molar-refractivity contribution in [3.8, 4) is 5.75 Å². The van der Waals surface area contributed by atoms with Crippen LogP contribution in [0.4, 0.5) is 0 Å². The molecule has 0 saturated heterocycles. The van der Waals surface area contributed by atoms with Gasteiger partial charge in [0.25, 0.3) is 0 Å². The van der Waals surface area contributed by atoms with E-state index in [9.17, 15) is 5.11 Å². The molecule has 0 saturated carbocycles.